The highest BCUT2D eigenvalue weighted by molar-refractivity contribution is 7.13. The van der Waals surface area contributed by atoms with Gasteiger partial charge in [-0.1, -0.05) is 63.2 Å². The van der Waals surface area contributed by atoms with E-state index in [2.05, 4.69) is 56.3 Å². The molecule has 3 aromatic rings. The number of carbonyl (C=O) groups is 2. The molecule has 2 aromatic carbocycles. The van der Waals surface area contributed by atoms with Crippen molar-refractivity contribution in [3.8, 4) is 0 Å². The molecule has 0 bridgehead atoms. The molecule has 44 heavy (non-hydrogen) atoms. The maximum atomic E-state index is 13.9. The number of amides is 2. The first-order valence-corrected chi connectivity index (χ1v) is 19.1. The second kappa shape index (κ2) is 13.4. The molecular formula is C34H48N4O4SSi. The molecule has 4 rings (SSSR count). The third-order valence-corrected chi connectivity index (χ3v) is 13.7. The van der Waals surface area contributed by atoms with E-state index in [-0.39, 0.29) is 41.6 Å². The van der Waals surface area contributed by atoms with Crippen LogP contribution in [0.15, 0.2) is 60.0 Å². The number of likely N-dealkylation sites (tertiary alicyclic amines) is 1. The van der Waals surface area contributed by atoms with Crippen molar-refractivity contribution in [2.75, 3.05) is 11.1 Å². The number of benzene rings is 2. The summed E-state index contributed by atoms with van der Waals surface area (Å²) in [5, 5.41) is 5.20. The Morgan fingerprint density at radius 2 is 1.70 bits per heavy atom. The average molecular weight is 637 g/mol. The highest BCUT2D eigenvalue weighted by atomic mass is 32.1. The van der Waals surface area contributed by atoms with Crippen LogP contribution < -0.4 is 11.1 Å². The number of anilines is 2. The van der Waals surface area contributed by atoms with E-state index < -0.39 is 13.9 Å². The van der Waals surface area contributed by atoms with E-state index in [1.807, 2.05) is 68.1 Å². The summed E-state index contributed by atoms with van der Waals surface area (Å²) in [4.78, 5) is 32.5. The predicted molar refractivity (Wildman–Crippen MR) is 181 cm³/mol. The smallest absolute Gasteiger partial charge is 0.410 e. The van der Waals surface area contributed by atoms with Crippen LogP contribution in [0.2, 0.25) is 18.1 Å². The second-order valence-corrected chi connectivity index (χ2v) is 19.8. The van der Waals surface area contributed by atoms with Crippen LogP contribution in [0.1, 0.15) is 77.3 Å². The highest BCUT2D eigenvalue weighted by Crippen LogP contribution is 2.44. The Kier molecular flexibility index (Phi) is 10.3. The SMILES string of the molecule is CC(C)(C)OC(=O)N1[C@@H](Cc2ccc(NC(=O)Cc3csc(N)n3)cc2)CC[C@@H]1[C@H](O[Si](C)(C)C(C)(C)C)c1ccccc1. The molecule has 1 aliphatic heterocycles. The lowest BCUT2D eigenvalue weighted by Gasteiger charge is -2.43. The number of hydrogen-bond donors (Lipinski definition) is 2. The highest BCUT2D eigenvalue weighted by Gasteiger charge is 2.47. The summed E-state index contributed by atoms with van der Waals surface area (Å²) < 4.78 is 13.1. The van der Waals surface area contributed by atoms with E-state index in [9.17, 15) is 9.59 Å². The molecule has 1 aliphatic rings. The Bertz CT molecular complexity index is 1410. The number of nitrogens with two attached hydrogens (primary N) is 1. The lowest BCUT2D eigenvalue weighted by atomic mass is 10.0. The van der Waals surface area contributed by atoms with Crippen LogP contribution in [0.3, 0.4) is 0 Å². The average Bonchev–Trinajstić information content (AvgIpc) is 3.52. The van der Waals surface area contributed by atoms with Gasteiger partial charge in [-0.05, 0) is 81.4 Å². The Hall–Kier alpha value is -3.21. The van der Waals surface area contributed by atoms with Crippen molar-refractivity contribution < 1.29 is 18.8 Å². The van der Waals surface area contributed by atoms with Gasteiger partial charge >= 0.3 is 6.09 Å². The third-order valence-electron chi connectivity index (χ3n) is 8.48. The number of carbonyl (C=O) groups excluding carboxylic acids is 2. The summed E-state index contributed by atoms with van der Waals surface area (Å²) in [6, 6.07) is 17.9. The van der Waals surface area contributed by atoms with E-state index in [1.54, 1.807) is 5.38 Å². The first kappa shape index (κ1) is 33.7. The van der Waals surface area contributed by atoms with Crippen molar-refractivity contribution in [2.45, 2.75) is 109 Å². The van der Waals surface area contributed by atoms with Crippen LogP contribution in [0.25, 0.3) is 0 Å². The van der Waals surface area contributed by atoms with Crippen molar-refractivity contribution in [3.63, 3.8) is 0 Å². The first-order valence-electron chi connectivity index (χ1n) is 15.4. The van der Waals surface area contributed by atoms with Gasteiger partial charge in [0.05, 0.1) is 24.3 Å². The number of ether oxygens (including phenoxy) is 1. The van der Waals surface area contributed by atoms with Gasteiger partial charge in [-0.2, -0.15) is 0 Å². The quantitative estimate of drug-likeness (QED) is 0.231. The molecule has 0 radical (unpaired) electrons. The summed E-state index contributed by atoms with van der Waals surface area (Å²) in [5.41, 5.74) is 8.59. The summed E-state index contributed by atoms with van der Waals surface area (Å²) in [5.74, 6) is -0.147. The largest absolute Gasteiger partial charge is 0.444 e. The standard InChI is InChI=1S/C34H48N4O4SSi/c1-33(2,3)41-32(40)38-27(20-23-14-16-25(17-15-23)36-29(39)21-26-22-43-31(35)37-26)18-19-28(38)30(24-12-10-9-11-13-24)42-44(7,8)34(4,5)6/h9-17,22,27-28,30H,18-21H2,1-8H3,(H2,35,37)(H,36,39)/t27-,28-,30-/m1/s1. The van der Waals surface area contributed by atoms with Crippen molar-refractivity contribution in [2.24, 2.45) is 0 Å². The molecule has 3 N–H and O–H groups in total. The fourth-order valence-electron chi connectivity index (χ4n) is 5.28. The minimum absolute atomic E-state index is 0.0134. The lowest BCUT2D eigenvalue weighted by molar-refractivity contribution is -0.115. The molecule has 8 nitrogen and oxygen atoms in total. The van der Waals surface area contributed by atoms with Gasteiger partial charge in [-0.25, -0.2) is 9.78 Å². The van der Waals surface area contributed by atoms with Crippen molar-refractivity contribution in [1.82, 2.24) is 9.88 Å². The maximum Gasteiger partial charge on any atom is 0.410 e. The molecule has 0 saturated carbocycles. The minimum atomic E-state index is -2.19. The number of nitrogen functional groups attached to an aromatic ring is 1. The molecule has 10 heteroatoms. The molecule has 0 aliphatic carbocycles. The van der Waals surface area contributed by atoms with Gasteiger partial charge in [-0.15, -0.1) is 11.3 Å². The van der Waals surface area contributed by atoms with Gasteiger partial charge in [0, 0.05) is 17.1 Å². The van der Waals surface area contributed by atoms with E-state index in [0.29, 0.717) is 22.9 Å². The van der Waals surface area contributed by atoms with Crippen LogP contribution >= 0.6 is 11.3 Å². The number of thiazole rings is 1. The fourth-order valence-corrected chi connectivity index (χ4v) is 7.13. The Labute approximate surface area is 267 Å². The Morgan fingerprint density at radius 3 is 2.27 bits per heavy atom. The van der Waals surface area contributed by atoms with Crippen LogP contribution in [-0.4, -0.2) is 47.9 Å². The van der Waals surface area contributed by atoms with E-state index in [0.717, 1.165) is 24.0 Å². The number of hydrogen-bond acceptors (Lipinski definition) is 7. The second-order valence-electron chi connectivity index (χ2n) is 14.2. The summed E-state index contributed by atoms with van der Waals surface area (Å²) in [7, 11) is -2.19. The molecule has 2 amide bonds. The molecule has 0 unspecified atom stereocenters. The van der Waals surface area contributed by atoms with Crippen molar-refractivity contribution in [1.29, 1.82) is 0 Å². The normalized spacial score (nSPS) is 18.2. The molecular weight excluding hydrogens is 589 g/mol. The zero-order valence-electron chi connectivity index (χ0n) is 27.3. The molecule has 2 heterocycles. The zero-order chi connectivity index (χ0) is 32.3. The van der Waals surface area contributed by atoms with Crippen molar-refractivity contribution in [3.05, 3.63) is 76.8 Å². The van der Waals surface area contributed by atoms with Gasteiger partial charge in [0.2, 0.25) is 5.91 Å². The lowest BCUT2D eigenvalue weighted by Crippen LogP contribution is -2.50. The fraction of sp³-hybridized carbons (Fsp3) is 0.500. The topological polar surface area (TPSA) is 107 Å². The molecule has 1 fully saturated rings. The monoisotopic (exact) mass is 636 g/mol. The Morgan fingerprint density at radius 1 is 1.05 bits per heavy atom. The first-order chi connectivity index (χ1) is 20.5. The van der Waals surface area contributed by atoms with Crippen LogP contribution in [0, 0.1) is 0 Å². The maximum absolute atomic E-state index is 13.9. The third kappa shape index (κ3) is 8.70. The van der Waals surface area contributed by atoms with Crippen LogP contribution in [-0.2, 0) is 26.8 Å². The summed E-state index contributed by atoms with van der Waals surface area (Å²) in [6.07, 6.45) is 1.92. The van der Waals surface area contributed by atoms with Crippen molar-refractivity contribution >= 4 is 42.5 Å². The van der Waals surface area contributed by atoms with Crippen LogP contribution in [0.5, 0.6) is 0 Å². The molecule has 1 saturated heterocycles. The van der Waals surface area contributed by atoms with E-state index in [1.165, 1.54) is 11.3 Å². The molecule has 1 aromatic heterocycles. The van der Waals surface area contributed by atoms with E-state index >= 15 is 0 Å². The number of nitrogens with zero attached hydrogens (tertiary/aromatic N) is 2. The summed E-state index contributed by atoms with van der Waals surface area (Å²) in [6.45, 7) is 17.0. The van der Waals surface area contributed by atoms with E-state index in [4.69, 9.17) is 14.9 Å². The molecule has 238 valence electrons. The predicted octanol–water partition coefficient (Wildman–Crippen LogP) is 7.98. The van der Waals surface area contributed by atoms with Gasteiger partial charge in [0.25, 0.3) is 0 Å². The van der Waals surface area contributed by atoms with Gasteiger partial charge in [-0.3, -0.25) is 9.69 Å². The molecule has 0 spiro atoms. The number of nitrogens with one attached hydrogen (secondary N) is 1. The number of aromatic nitrogens is 1. The zero-order valence-corrected chi connectivity index (χ0v) is 29.2. The molecule has 3 atom stereocenters. The Balaban J connectivity index is 1.56. The van der Waals surface area contributed by atoms with Crippen LogP contribution in [0.4, 0.5) is 15.6 Å². The van der Waals surface area contributed by atoms with Gasteiger partial charge in [0.1, 0.15) is 5.60 Å². The summed E-state index contributed by atoms with van der Waals surface area (Å²) >= 11 is 1.32. The number of rotatable bonds is 9. The minimum Gasteiger partial charge on any atom is -0.444 e. The van der Waals surface area contributed by atoms with Gasteiger partial charge in [0.15, 0.2) is 13.4 Å². The van der Waals surface area contributed by atoms with Gasteiger partial charge < -0.3 is 20.2 Å².